The lowest BCUT2D eigenvalue weighted by atomic mass is 10.1. The number of ether oxygens (including phenoxy) is 1. The highest BCUT2D eigenvalue weighted by molar-refractivity contribution is 6.30. The van der Waals surface area contributed by atoms with Crippen molar-refractivity contribution in [2.45, 2.75) is 33.3 Å². The predicted molar refractivity (Wildman–Crippen MR) is 124 cm³/mol. The van der Waals surface area contributed by atoms with E-state index in [9.17, 15) is 4.79 Å². The molecule has 9 heteroatoms. The number of carbonyl (C=O) groups excluding carboxylic acids is 1. The molecule has 168 valence electrons. The number of hydrogen-bond donors (Lipinski definition) is 0. The maximum Gasteiger partial charge on any atom is 0.266 e. The zero-order valence-corrected chi connectivity index (χ0v) is 19.5. The second kappa shape index (κ2) is 8.78. The number of hydrogen-bond acceptors (Lipinski definition) is 6. The van der Waals surface area contributed by atoms with E-state index in [0.717, 1.165) is 23.0 Å². The van der Waals surface area contributed by atoms with E-state index in [2.05, 4.69) is 20.0 Å². The number of carbonyl (C=O) groups is 1. The molecular formula is C23H27ClN6O2. The van der Waals surface area contributed by atoms with Crippen molar-refractivity contribution >= 4 is 23.3 Å². The molecule has 8 nitrogen and oxygen atoms in total. The molecule has 3 heterocycles. The topological polar surface area (TPSA) is 76.4 Å². The first kappa shape index (κ1) is 22.1. The summed E-state index contributed by atoms with van der Waals surface area (Å²) in [5, 5.41) is 5.13. The van der Waals surface area contributed by atoms with Gasteiger partial charge in [0.2, 0.25) is 0 Å². The Hall–Kier alpha value is -3.13. The molecule has 1 aromatic carbocycles. The molecule has 1 aliphatic heterocycles. The normalized spacial score (nSPS) is 14.5. The quantitative estimate of drug-likeness (QED) is 0.587. The van der Waals surface area contributed by atoms with Crippen LogP contribution in [0.1, 0.15) is 25.2 Å². The molecule has 0 unspecified atom stereocenters. The van der Waals surface area contributed by atoms with Gasteiger partial charge in [0.15, 0.2) is 11.4 Å². The second-order valence-electron chi connectivity index (χ2n) is 8.42. The molecule has 0 N–H and O–H groups in total. The Bertz CT molecular complexity index is 1100. The maximum absolute atomic E-state index is 13.1. The largest absolute Gasteiger partial charge is 0.478 e. The van der Waals surface area contributed by atoms with Crippen molar-refractivity contribution in [3.63, 3.8) is 0 Å². The summed E-state index contributed by atoms with van der Waals surface area (Å²) in [7, 11) is 0. The molecular weight excluding hydrogens is 428 g/mol. The Kier molecular flexibility index (Phi) is 6.06. The van der Waals surface area contributed by atoms with Crippen molar-refractivity contribution in [1.82, 2.24) is 24.6 Å². The van der Waals surface area contributed by atoms with Crippen molar-refractivity contribution in [2.24, 2.45) is 0 Å². The third-order valence-electron chi connectivity index (χ3n) is 5.46. The summed E-state index contributed by atoms with van der Waals surface area (Å²) in [5.74, 6) is 2.13. The van der Waals surface area contributed by atoms with Crippen LogP contribution in [-0.2, 0) is 4.79 Å². The first-order valence-corrected chi connectivity index (χ1v) is 11.0. The van der Waals surface area contributed by atoms with E-state index in [4.69, 9.17) is 16.3 Å². The lowest BCUT2D eigenvalue weighted by molar-refractivity contribution is -0.145. The average molecular weight is 455 g/mol. The van der Waals surface area contributed by atoms with E-state index >= 15 is 0 Å². The average Bonchev–Trinajstić information content (AvgIpc) is 3.13. The monoisotopic (exact) mass is 454 g/mol. The van der Waals surface area contributed by atoms with Crippen LogP contribution in [0.5, 0.6) is 5.75 Å². The van der Waals surface area contributed by atoms with Gasteiger partial charge in [-0.2, -0.15) is 5.10 Å². The van der Waals surface area contributed by atoms with E-state index in [0.29, 0.717) is 37.0 Å². The SMILES string of the molecule is Cc1cc(C)n(-c2cc(N3CCN(C(=O)C(C)(C)Oc4ccc(Cl)cc4)CC3)ncn2)n1. The van der Waals surface area contributed by atoms with Crippen LogP contribution >= 0.6 is 11.6 Å². The van der Waals surface area contributed by atoms with Crippen molar-refractivity contribution in [3.8, 4) is 11.6 Å². The van der Waals surface area contributed by atoms with Gasteiger partial charge in [0, 0.05) is 43.0 Å². The van der Waals surface area contributed by atoms with Gasteiger partial charge in [0.25, 0.3) is 5.91 Å². The summed E-state index contributed by atoms with van der Waals surface area (Å²) in [6, 6.07) is 11.0. The highest BCUT2D eigenvalue weighted by Crippen LogP contribution is 2.24. The fourth-order valence-electron chi connectivity index (χ4n) is 3.85. The number of amides is 1. The molecule has 1 fully saturated rings. The van der Waals surface area contributed by atoms with Crippen LogP contribution in [0.15, 0.2) is 42.7 Å². The fraction of sp³-hybridized carbons (Fsp3) is 0.391. The summed E-state index contributed by atoms with van der Waals surface area (Å²) in [6.07, 6.45) is 1.56. The van der Waals surface area contributed by atoms with Gasteiger partial charge in [-0.05, 0) is 58.0 Å². The first-order chi connectivity index (χ1) is 15.2. The Balaban J connectivity index is 1.40. The molecule has 0 aliphatic carbocycles. The Labute approximate surface area is 192 Å². The first-order valence-electron chi connectivity index (χ1n) is 10.6. The Morgan fingerprint density at radius 3 is 2.28 bits per heavy atom. The van der Waals surface area contributed by atoms with Gasteiger partial charge in [-0.3, -0.25) is 4.79 Å². The highest BCUT2D eigenvalue weighted by Gasteiger charge is 2.36. The van der Waals surface area contributed by atoms with Crippen molar-refractivity contribution in [2.75, 3.05) is 31.1 Å². The molecule has 32 heavy (non-hydrogen) atoms. The summed E-state index contributed by atoms with van der Waals surface area (Å²) in [4.78, 5) is 25.9. The van der Waals surface area contributed by atoms with E-state index in [1.54, 1.807) is 44.4 Å². The van der Waals surface area contributed by atoms with Crippen LogP contribution < -0.4 is 9.64 Å². The smallest absolute Gasteiger partial charge is 0.266 e. The number of aryl methyl sites for hydroxylation is 2. The highest BCUT2D eigenvalue weighted by atomic mass is 35.5. The number of nitrogens with zero attached hydrogens (tertiary/aromatic N) is 6. The predicted octanol–water partition coefficient (Wildman–Crippen LogP) is 3.44. The zero-order valence-electron chi connectivity index (χ0n) is 18.7. The molecule has 1 aliphatic rings. The van der Waals surface area contributed by atoms with Crippen LogP contribution in [0.4, 0.5) is 5.82 Å². The summed E-state index contributed by atoms with van der Waals surface area (Å²) >= 11 is 5.94. The van der Waals surface area contributed by atoms with Crippen LogP contribution in [-0.4, -0.2) is 62.3 Å². The summed E-state index contributed by atoms with van der Waals surface area (Å²) in [6.45, 7) is 10.1. The van der Waals surface area contributed by atoms with Crippen LogP contribution in [0, 0.1) is 13.8 Å². The number of halogens is 1. The number of rotatable bonds is 5. The molecule has 0 saturated carbocycles. The van der Waals surface area contributed by atoms with E-state index in [-0.39, 0.29) is 5.91 Å². The van der Waals surface area contributed by atoms with Gasteiger partial charge >= 0.3 is 0 Å². The molecule has 3 aromatic rings. The minimum atomic E-state index is -0.979. The second-order valence-corrected chi connectivity index (χ2v) is 8.86. The summed E-state index contributed by atoms with van der Waals surface area (Å²) in [5.41, 5.74) is 0.983. The third-order valence-corrected chi connectivity index (χ3v) is 5.71. The Morgan fingerprint density at radius 2 is 1.66 bits per heavy atom. The Morgan fingerprint density at radius 1 is 1.00 bits per heavy atom. The van der Waals surface area contributed by atoms with E-state index < -0.39 is 5.60 Å². The molecule has 0 spiro atoms. The lowest BCUT2D eigenvalue weighted by Crippen LogP contribution is -2.56. The van der Waals surface area contributed by atoms with Crippen molar-refractivity contribution < 1.29 is 9.53 Å². The van der Waals surface area contributed by atoms with Gasteiger partial charge in [-0.15, -0.1) is 0 Å². The van der Waals surface area contributed by atoms with Gasteiger partial charge < -0.3 is 14.5 Å². The number of aromatic nitrogens is 4. The molecule has 0 bridgehead atoms. The zero-order chi connectivity index (χ0) is 22.9. The molecule has 0 radical (unpaired) electrons. The fourth-order valence-corrected chi connectivity index (χ4v) is 3.97. The molecule has 4 rings (SSSR count). The van der Waals surface area contributed by atoms with Crippen molar-refractivity contribution in [3.05, 3.63) is 59.1 Å². The molecule has 1 saturated heterocycles. The standard InChI is InChI=1S/C23H27ClN6O2/c1-16-13-17(2)30(27-16)21-14-20(25-15-26-21)28-9-11-29(12-10-28)22(31)23(3,4)32-19-7-5-18(24)6-8-19/h5-8,13-15H,9-12H2,1-4H3. The van der Waals surface area contributed by atoms with E-state index in [1.807, 2.05) is 35.6 Å². The van der Waals surface area contributed by atoms with Crippen LogP contribution in [0.25, 0.3) is 5.82 Å². The van der Waals surface area contributed by atoms with Gasteiger partial charge in [-0.1, -0.05) is 11.6 Å². The lowest BCUT2D eigenvalue weighted by Gasteiger charge is -2.39. The van der Waals surface area contributed by atoms with Crippen LogP contribution in [0.2, 0.25) is 5.02 Å². The molecule has 2 aromatic heterocycles. The van der Waals surface area contributed by atoms with Crippen LogP contribution in [0.3, 0.4) is 0 Å². The minimum absolute atomic E-state index is 0.0434. The minimum Gasteiger partial charge on any atom is -0.478 e. The maximum atomic E-state index is 13.1. The van der Waals surface area contributed by atoms with Gasteiger partial charge in [-0.25, -0.2) is 14.6 Å². The molecule has 1 amide bonds. The third kappa shape index (κ3) is 4.70. The number of piperazine rings is 1. The van der Waals surface area contributed by atoms with E-state index in [1.165, 1.54) is 0 Å². The summed E-state index contributed by atoms with van der Waals surface area (Å²) < 4.78 is 7.78. The molecule has 0 atom stereocenters. The van der Waals surface area contributed by atoms with Gasteiger partial charge in [0.1, 0.15) is 17.9 Å². The van der Waals surface area contributed by atoms with Crippen molar-refractivity contribution in [1.29, 1.82) is 0 Å². The number of benzene rings is 1. The van der Waals surface area contributed by atoms with Gasteiger partial charge in [0.05, 0.1) is 5.69 Å². The number of anilines is 1.